The summed E-state index contributed by atoms with van der Waals surface area (Å²) in [5, 5.41) is 0. The first-order chi connectivity index (χ1) is 17.0. The molecule has 0 aliphatic carbocycles. The van der Waals surface area contributed by atoms with E-state index in [-0.39, 0.29) is 18.7 Å². The van der Waals surface area contributed by atoms with Gasteiger partial charge in [0, 0.05) is 25.7 Å². The third-order valence-corrected chi connectivity index (χ3v) is 6.36. The van der Waals surface area contributed by atoms with Gasteiger partial charge in [-0.3, -0.25) is 0 Å². The molecule has 5 rings (SSSR count). The number of aryl methyl sites for hydroxylation is 1. The summed E-state index contributed by atoms with van der Waals surface area (Å²) in [4.78, 5) is 21.8. The number of rotatable bonds is 3. The Labute approximate surface area is 205 Å². The smallest absolute Gasteiger partial charge is 0.410 e. The molecule has 1 atom stereocenters. The van der Waals surface area contributed by atoms with E-state index in [4.69, 9.17) is 19.2 Å². The van der Waals surface area contributed by atoms with Gasteiger partial charge < -0.3 is 24.0 Å². The molecule has 0 spiro atoms. The van der Waals surface area contributed by atoms with Crippen LogP contribution >= 0.6 is 0 Å². The van der Waals surface area contributed by atoms with Crippen LogP contribution in [0.3, 0.4) is 0 Å². The second kappa shape index (κ2) is 9.70. The zero-order chi connectivity index (χ0) is 24.4. The molecule has 0 aromatic heterocycles. The zero-order valence-electron chi connectivity index (χ0n) is 20.2. The molecule has 0 bridgehead atoms. The van der Waals surface area contributed by atoms with Crippen molar-refractivity contribution in [1.82, 2.24) is 9.80 Å². The van der Waals surface area contributed by atoms with Gasteiger partial charge in [0.1, 0.15) is 29.6 Å². The lowest BCUT2D eigenvalue weighted by molar-refractivity contribution is 0.0624. The summed E-state index contributed by atoms with van der Waals surface area (Å²) in [5.41, 5.74) is 3.72. The van der Waals surface area contributed by atoms with Gasteiger partial charge >= 0.3 is 6.09 Å². The number of benzene rings is 3. The summed E-state index contributed by atoms with van der Waals surface area (Å²) >= 11 is 0. The number of ether oxygens (including phenoxy) is 3. The fourth-order valence-electron chi connectivity index (χ4n) is 4.45. The number of carbonyl (C=O) groups excluding carboxylic acids is 1. The Morgan fingerprint density at radius 2 is 1.89 bits per heavy atom. The molecule has 1 unspecified atom stereocenters. The van der Waals surface area contributed by atoms with Gasteiger partial charge in [0.25, 0.3) is 0 Å². The number of piperazine rings is 1. The number of methoxy groups -OCH3 is 1. The minimum Gasteiger partial charge on any atom is -0.497 e. The predicted octanol–water partition coefficient (Wildman–Crippen LogP) is 5.53. The Morgan fingerprint density at radius 1 is 1.06 bits per heavy atom. The summed E-state index contributed by atoms with van der Waals surface area (Å²) in [6.45, 7) is 6.12. The second-order valence-corrected chi connectivity index (χ2v) is 8.90. The minimum atomic E-state index is -0.296. The molecule has 0 radical (unpaired) electrons. The van der Waals surface area contributed by atoms with Crippen LogP contribution in [0.15, 0.2) is 71.7 Å². The summed E-state index contributed by atoms with van der Waals surface area (Å²) < 4.78 is 17.4. The lowest BCUT2D eigenvalue weighted by Crippen LogP contribution is -2.55. The van der Waals surface area contributed by atoms with Gasteiger partial charge in [0.15, 0.2) is 5.75 Å². The van der Waals surface area contributed by atoms with Crippen LogP contribution in [0.5, 0.6) is 17.2 Å². The van der Waals surface area contributed by atoms with E-state index in [0.717, 1.165) is 45.5 Å². The molecule has 0 saturated carbocycles. The molecular weight excluding hydrogens is 442 g/mol. The van der Waals surface area contributed by atoms with Crippen molar-refractivity contribution in [2.75, 3.05) is 26.7 Å². The molecule has 2 heterocycles. The number of aliphatic imine (C=N–C) groups is 1. The number of hydrogen-bond acceptors (Lipinski definition) is 6. The Morgan fingerprint density at radius 3 is 2.66 bits per heavy atom. The Hall–Kier alpha value is -4.00. The van der Waals surface area contributed by atoms with E-state index in [2.05, 4.69) is 4.90 Å². The van der Waals surface area contributed by atoms with Crippen LogP contribution in [0.25, 0.3) is 0 Å². The third kappa shape index (κ3) is 4.80. The molecule has 7 nitrogen and oxygen atoms in total. The molecule has 2 aliphatic rings. The highest BCUT2D eigenvalue weighted by Crippen LogP contribution is 2.40. The Kier molecular flexibility index (Phi) is 6.31. The molecule has 2 aliphatic heterocycles. The van der Waals surface area contributed by atoms with Crippen molar-refractivity contribution in [3.8, 4) is 17.2 Å². The first-order valence-corrected chi connectivity index (χ1v) is 11.8. The third-order valence-electron chi connectivity index (χ3n) is 6.36. The van der Waals surface area contributed by atoms with Crippen LogP contribution < -0.4 is 9.47 Å². The quantitative estimate of drug-likeness (QED) is 0.503. The summed E-state index contributed by atoms with van der Waals surface area (Å²) in [5.74, 6) is 3.00. The van der Waals surface area contributed by atoms with Gasteiger partial charge in [-0.25, -0.2) is 9.79 Å². The van der Waals surface area contributed by atoms with Crippen LogP contribution in [0.4, 0.5) is 10.5 Å². The number of hydrogen-bond donors (Lipinski definition) is 0. The predicted molar refractivity (Wildman–Crippen MR) is 135 cm³/mol. The highest BCUT2D eigenvalue weighted by Gasteiger charge is 2.32. The Bertz CT molecular complexity index is 1260. The maximum Gasteiger partial charge on any atom is 0.410 e. The van der Waals surface area contributed by atoms with Crippen molar-refractivity contribution >= 4 is 17.6 Å². The second-order valence-electron chi connectivity index (χ2n) is 8.90. The maximum atomic E-state index is 12.8. The van der Waals surface area contributed by atoms with Gasteiger partial charge in [0.2, 0.25) is 0 Å². The van der Waals surface area contributed by atoms with Crippen LogP contribution in [0, 0.1) is 6.92 Å². The van der Waals surface area contributed by atoms with E-state index in [1.165, 1.54) is 0 Å². The average Bonchev–Trinajstić information content (AvgIpc) is 3.03. The van der Waals surface area contributed by atoms with Crippen LogP contribution in [0.1, 0.15) is 23.6 Å². The van der Waals surface area contributed by atoms with Crippen molar-refractivity contribution < 1.29 is 19.0 Å². The molecule has 3 aromatic carbocycles. The van der Waals surface area contributed by atoms with Crippen LogP contribution in [0.2, 0.25) is 0 Å². The van der Waals surface area contributed by atoms with E-state index in [1.54, 1.807) is 12.0 Å². The topological polar surface area (TPSA) is 63.6 Å². The zero-order valence-corrected chi connectivity index (χ0v) is 20.2. The number of fused-ring (bicyclic) bond motifs is 2. The first-order valence-electron chi connectivity index (χ1n) is 11.8. The average molecular weight is 472 g/mol. The molecule has 1 amide bonds. The van der Waals surface area contributed by atoms with E-state index in [0.29, 0.717) is 19.6 Å². The summed E-state index contributed by atoms with van der Waals surface area (Å²) in [6, 6.07) is 21.4. The highest BCUT2D eigenvalue weighted by atomic mass is 16.6. The van der Waals surface area contributed by atoms with Gasteiger partial charge in [-0.05, 0) is 55.3 Å². The van der Waals surface area contributed by atoms with Crippen molar-refractivity contribution in [1.29, 1.82) is 0 Å². The van der Waals surface area contributed by atoms with Gasteiger partial charge in [-0.1, -0.05) is 36.4 Å². The van der Waals surface area contributed by atoms with E-state index < -0.39 is 0 Å². The lowest BCUT2D eigenvalue weighted by atomic mass is 10.1. The largest absolute Gasteiger partial charge is 0.497 e. The van der Waals surface area contributed by atoms with Crippen molar-refractivity contribution in [3.05, 3.63) is 83.4 Å². The lowest BCUT2D eigenvalue weighted by Gasteiger charge is -2.40. The molecule has 3 aromatic rings. The summed E-state index contributed by atoms with van der Waals surface area (Å²) in [7, 11) is 1.65. The normalized spacial score (nSPS) is 16.9. The fourth-order valence-corrected chi connectivity index (χ4v) is 4.45. The monoisotopic (exact) mass is 471 g/mol. The molecular formula is C28H29N3O4. The molecule has 7 heteroatoms. The maximum absolute atomic E-state index is 12.8. The number of amidine groups is 1. The van der Waals surface area contributed by atoms with E-state index >= 15 is 0 Å². The van der Waals surface area contributed by atoms with Gasteiger partial charge in [-0.15, -0.1) is 0 Å². The molecule has 1 fully saturated rings. The number of nitrogens with zero attached hydrogens (tertiary/aromatic N) is 3. The van der Waals surface area contributed by atoms with Crippen LogP contribution in [-0.2, 0) is 11.3 Å². The first kappa shape index (κ1) is 22.8. The number of carbonyl (C=O) groups is 1. The fraction of sp³-hybridized carbons (Fsp3) is 0.286. The molecule has 0 N–H and O–H groups in total. The van der Waals surface area contributed by atoms with Crippen molar-refractivity contribution in [2.24, 2.45) is 4.99 Å². The summed E-state index contributed by atoms with van der Waals surface area (Å²) in [6.07, 6.45) is -0.296. The van der Waals surface area contributed by atoms with Gasteiger partial charge in [0.05, 0.1) is 12.7 Å². The van der Waals surface area contributed by atoms with Crippen molar-refractivity contribution in [2.45, 2.75) is 26.5 Å². The molecule has 180 valence electrons. The molecule has 1 saturated heterocycles. The number of amides is 1. The van der Waals surface area contributed by atoms with E-state index in [1.807, 2.05) is 80.6 Å². The minimum absolute atomic E-state index is 0.0505. The standard InChI is InChI=1S/C28H29N3O4/c1-19-9-11-24-26(15-19)35-25-12-10-22(33-3)16-23(25)27(29-24)30-13-14-31(20(2)17-30)28(32)34-18-21-7-5-4-6-8-21/h4-12,15-16,20H,13-14,17-18H2,1-3H3. The highest BCUT2D eigenvalue weighted by molar-refractivity contribution is 6.04. The van der Waals surface area contributed by atoms with Crippen LogP contribution in [-0.4, -0.2) is 54.5 Å². The SMILES string of the molecule is COc1ccc2c(c1)C(N1CCN(C(=O)OCc3ccccc3)C(C)C1)=Nc1ccc(C)cc1O2. The van der Waals surface area contributed by atoms with Gasteiger partial charge in [-0.2, -0.15) is 0 Å². The molecule has 35 heavy (non-hydrogen) atoms. The van der Waals surface area contributed by atoms with Crippen molar-refractivity contribution in [3.63, 3.8) is 0 Å². The Balaban J connectivity index is 1.38. The van der Waals surface area contributed by atoms with E-state index in [9.17, 15) is 4.79 Å².